The SMILES string of the molecule is COC(=O)C1CCc2ccc(CO)cc21. The summed E-state index contributed by atoms with van der Waals surface area (Å²) >= 11 is 0. The fourth-order valence-corrected chi connectivity index (χ4v) is 2.14. The molecule has 1 aliphatic carbocycles. The normalized spacial score (nSPS) is 18.7. The number of ether oxygens (including phenoxy) is 1. The number of rotatable bonds is 2. The quantitative estimate of drug-likeness (QED) is 0.744. The Balaban J connectivity index is 2.35. The number of hydrogen-bond donors (Lipinski definition) is 1. The zero-order chi connectivity index (χ0) is 10.8. The predicted octanol–water partition coefficient (Wildman–Crippen LogP) is 1.38. The molecule has 1 unspecified atom stereocenters. The van der Waals surface area contributed by atoms with Gasteiger partial charge in [0.25, 0.3) is 0 Å². The number of hydrogen-bond acceptors (Lipinski definition) is 3. The second-order valence-electron chi connectivity index (χ2n) is 3.81. The van der Waals surface area contributed by atoms with Gasteiger partial charge in [-0.05, 0) is 29.5 Å². The number of carbonyl (C=O) groups excluding carboxylic acids is 1. The Hall–Kier alpha value is -1.35. The van der Waals surface area contributed by atoms with Crippen LogP contribution in [0.1, 0.15) is 29.0 Å². The first-order valence-electron chi connectivity index (χ1n) is 5.06. The van der Waals surface area contributed by atoms with Crippen molar-refractivity contribution >= 4 is 5.97 Å². The van der Waals surface area contributed by atoms with Gasteiger partial charge in [0.15, 0.2) is 0 Å². The van der Waals surface area contributed by atoms with Gasteiger partial charge < -0.3 is 9.84 Å². The summed E-state index contributed by atoms with van der Waals surface area (Å²) in [6.45, 7) is 0.0151. The average Bonchev–Trinajstić information content (AvgIpc) is 2.70. The molecule has 0 fully saturated rings. The van der Waals surface area contributed by atoms with Gasteiger partial charge in [0.1, 0.15) is 0 Å². The number of fused-ring (bicyclic) bond motifs is 1. The van der Waals surface area contributed by atoms with E-state index in [4.69, 9.17) is 9.84 Å². The van der Waals surface area contributed by atoms with Crippen molar-refractivity contribution in [2.24, 2.45) is 0 Å². The van der Waals surface area contributed by atoms with Crippen molar-refractivity contribution in [1.29, 1.82) is 0 Å². The van der Waals surface area contributed by atoms with Crippen LogP contribution in [0.25, 0.3) is 0 Å². The molecule has 15 heavy (non-hydrogen) atoms. The maximum Gasteiger partial charge on any atom is 0.313 e. The zero-order valence-electron chi connectivity index (χ0n) is 8.69. The maximum atomic E-state index is 11.5. The van der Waals surface area contributed by atoms with Gasteiger partial charge in [-0.2, -0.15) is 0 Å². The largest absolute Gasteiger partial charge is 0.469 e. The molecule has 1 aromatic rings. The third-order valence-corrected chi connectivity index (χ3v) is 2.96. The molecule has 1 aromatic carbocycles. The minimum absolute atomic E-state index is 0.0151. The summed E-state index contributed by atoms with van der Waals surface area (Å²) in [6.07, 6.45) is 1.73. The smallest absolute Gasteiger partial charge is 0.313 e. The summed E-state index contributed by atoms with van der Waals surface area (Å²) in [5.74, 6) is -0.319. The molecule has 3 nitrogen and oxygen atoms in total. The molecule has 1 aliphatic rings. The summed E-state index contributed by atoms with van der Waals surface area (Å²) in [6, 6.07) is 5.80. The third-order valence-electron chi connectivity index (χ3n) is 2.96. The number of carbonyl (C=O) groups is 1. The Kier molecular flexibility index (Phi) is 2.73. The standard InChI is InChI=1S/C12H14O3/c1-15-12(14)10-5-4-9-3-2-8(7-13)6-11(9)10/h2-3,6,10,13H,4-5,7H2,1H3. The van der Waals surface area contributed by atoms with Gasteiger partial charge in [0.05, 0.1) is 19.6 Å². The Labute approximate surface area is 88.7 Å². The van der Waals surface area contributed by atoms with Crippen LogP contribution >= 0.6 is 0 Å². The second kappa shape index (κ2) is 4.03. The van der Waals surface area contributed by atoms with Crippen molar-refractivity contribution in [3.05, 3.63) is 34.9 Å². The van der Waals surface area contributed by atoms with E-state index >= 15 is 0 Å². The fraction of sp³-hybridized carbons (Fsp3) is 0.417. The van der Waals surface area contributed by atoms with Crippen LogP contribution < -0.4 is 0 Å². The molecule has 0 radical (unpaired) electrons. The minimum atomic E-state index is -0.177. The van der Waals surface area contributed by atoms with Gasteiger partial charge >= 0.3 is 5.97 Å². The van der Waals surface area contributed by atoms with Crippen molar-refractivity contribution in [2.45, 2.75) is 25.4 Å². The molecule has 0 spiro atoms. The first-order chi connectivity index (χ1) is 7.26. The maximum absolute atomic E-state index is 11.5. The van der Waals surface area contributed by atoms with E-state index in [9.17, 15) is 4.79 Å². The van der Waals surface area contributed by atoms with Crippen LogP contribution in [-0.2, 0) is 22.6 Å². The van der Waals surface area contributed by atoms with E-state index in [0.717, 1.165) is 24.0 Å². The predicted molar refractivity (Wildman–Crippen MR) is 55.4 cm³/mol. The summed E-state index contributed by atoms with van der Waals surface area (Å²) < 4.78 is 4.76. The lowest BCUT2D eigenvalue weighted by atomic mass is 9.99. The van der Waals surface area contributed by atoms with E-state index < -0.39 is 0 Å². The summed E-state index contributed by atoms with van der Waals surface area (Å²) in [4.78, 5) is 11.5. The molecule has 0 heterocycles. The van der Waals surface area contributed by atoms with Gasteiger partial charge in [-0.15, -0.1) is 0 Å². The molecule has 0 bridgehead atoms. The molecule has 0 amide bonds. The Bertz CT molecular complexity index is 384. The van der Waals surface area contributed by atoms with Crippen LogP contribution in [0, 0.1) is 0 Å². The molecule has 80 valence electrons. The van der Waals surface area contributed by atoms with Gasteiger partial charge in [0.2, 0.25) is 0 Å². The Morgan fingerprint density at radius 3 is 3.07 bits per heavy atom. The monoisotopic (exact) mass is 206 g/mol. The van der Waals surface area contributed by atoms with Crippen LogP contribution in [0.5, 0.6) is 0 Å². The number of esters is 1. The molecule has 2 rings (SSSR count). The average molecular weight is 206 g/mol. The highest BCUT2D eigenvalue weighted by atomic mass is 16.5. The molecule has 0 saturated carbocycles. The van der Waals surface area contributed by atoms with Crippen molar-refractivity contribution < 1.29 is 14.6 Å². The van der Waals surface area contributed by atoms with Crippen LogP contribution in [0.4, 0.5) is 0 Å². The molecule has 0 aromatic heterocycles. The van der Waals surface area contributed by atoms with Crippen molar-refractivity contribution in [3.8, 4) is 0 Å². The van der Waals surface area contributed by atoms with Crippen LogP contribution in [-0.4, -0.2) is 18.2 Å². The van der Waals surface area contributed by atoms with E-state index in [0.29, 0.717) is 0 Å². The summed E-state index contributed by atoms with van der Waals surface area (Å²) in [7, 11) is 1.41. The van der Waals surface area contributed by atoms with Crippen LogP contribution in [0.15, 0.2) is 18.2 Å². The van der Waals surface area contributed by atoms with Gasteiger partial charge in [-0.25, -0.2) is 0 Å². The lowest BCUT2D eigenvalue weighted by Gasteiger charge is -2.09. The number of aliphatic hydroxyl groups excluding tert-OH is 1. The number of benzene rings is 1. The van der Waals surface area contributed by atoms with Crippen molar-refractivity contribution in [3.63, 3.8) is 0 Å². The molecular formula is C12H14O3. The molecule has 0 saturated heterocycles. The highest BCUT2D eigenvalue weighted by molar-refractivity contribution is 5.79. The number of aryl methyl sites for hydroxylation is 1. The van der Waals surface area contributed by atoms with Crippen molar-refractivity contribution in [2.75, 3.05) is 7.11 Å². The summed E-state index contributed by atoms with van der Waals surface area (Å²) in [5, 5.41) is 9.03. The lowest BCUT2D eigenvalue weighted by molar-refractivity contribution is -0.142. The molecular weight excluding hydrogens is 192 g/mol. The molecule has 1 atom stereocenters. The third kappa shape index (κ3) is 1.75. The van der Waals surface area contributed by atoms with Crippen LogP contribution in [0.3, 0.4) is 0 Å². The topological polar surface area (TPSA) is 46.5 Å². The highest BCUT2D eigenvalue weighted by Gasteiger charge is 2.29. The lowest BCUT2D eigenvalue weighted by Crippen LogP contribution is -2.11. The highest BCUT2D eigenvalue weighted by Crippen LogP contribution is 2.34. The van der Waals surface area contributed by atoms with E-state index in [1.54, 1.807) is 0 Å². The number of aliphatic hydroxyl groups is 1. The second-order valence-corrected chi connectivity index (χ2v) is 3.81. The van der Waals surface area contributed by atoms with Gasteiger partial charge in [0, 0.05) is 0 Å². The van der Waals surface area contributed by atoms with Crippen molar-refractivity contribution in [1.82, 2.24) is 0 Å². The Morgan fingerprint density at radius 2 is 2.40 bits per heavy atom. The summed E-state index contributed by atoms with van der Waals surface area (Å²) in [5.41, 5.74) is 3.07. The zero-order valence-corrected chi connectivity index (χ0v) is 8.69. The Morgan fingerprint density at radius 1 is 1.60 bits per heavy atom. The minimum Gasteiger partial charge on any atom is -0.469 e. The van der Waals surface area contributed by atoms with Gasteiger partial charge in [-0.1, -0.05) is 18.2 Å². The van der Waals surface area contributed by atoms with E-state index in [2.05, 4.69) is 0 Å². The fourth-order valence-electron chi connectivity index (χ4n) is 2.14. The first-order valence-corrected chi connectivity index (χ1v) is 5.06. The number of methoxy groups -OCH3 is 1. The van der Waals surface area contributed by atoms with E-state index in [-0.39, 0.29) is 18.5 Å². The van der Waals surface area contributed by atoms with E-state index in [1.807, 2.05) is 18.2 Å². The van der Waals surface area contributed by atoms with E-state index in [1.165, 1.54) is 12.7 Å². The van der Waals surface area contributed by atoms with Crippen LogP contribution in [0.2, 0.25) is 0 Å². The molecule has 3 heteroatoms. The molecule has 0 aliphatic heterocycles. The molecule has 1 N–H and O–H groups in total. The van der Waals surface area contributed by atoms with Gasteiger partial charge in [-0.3, -0.25) is 4.79 Å². The first kappa shape index (κ1) is 10.2.